The van der Waals surface area contributed by atoms with E-state index < -0.39 is 0 Å². The summed E-state index contributed by atoms with van der Waals surface area (Å²) in [6.07, 6.45) is 1.12. The third kappa shape index (κ3) is 3.31. The summed E-state index contributed by atoms with van der Waals surface area (Å²) in [5, 5.41) is 7.65. The van der Waals surface area contributed by atoms with E-state index in [0.29, 0.717) is 5.92 Å². The van der Waals surface area contributed by atoms with E-state index in [2.05, 4.69) is 29.0 Å². The minimum atomic E-state index is 0.226. The molecule has 0 aliphatic rings. The summed E-state index contributed by atoms with van der Waals surface area (Å²) in [5.41, 5.74) is 6.00. The second-order valence-electron chi connectivity index (χ2n) is 3.56. The van der Waals surface area contributed by atoms with Crippen molar-refractivity contribution in [2.75, 3.05) is 5.75 Å². The summed E-state index contributed by atoms with van der Waals surface area (Å²) < 4.78 is 0. The fourth-order valence-corrected chi connectivity index (χ4v) is 2.01. The number of aromatic amines is 1. The zero-order chi connectivity index (χ0) is 10.6. The summed E-state index contributed by atoms with van der Waals surface area (Å²) in [4.78, 5) is 4.21. The molecule has 0 bridgehead atoms. The lowest BCUT2D eigenvalue weighted by atomic mass is 10.0. The van der Waals surface area contributed by atoms with Gasteiger partial charge in [0, 0.05) is 11.8 Å². The van der Waals surface area contributed by atoms with Gasteiger partial charge in [0.2, 0.25) is 5.16 Å². The van der Waals surface area contributed by atoms with Gasteiger partial charge < -0.3 is 5.73 Å². The van der Waals surface area contributed by atoms with Crippen LogP contribution < -0.4 is 5.73 Å². The van der Waals surface area contributed by atoms with Crippen LogP contribution in [-0.4, -0.2) is 27.0 Å². The summed E-state index contributed by atoms with van der Waals surface area (Å²) >= 11 is 1.61. The average molecular weight is 214 g/mol. The number of nitrogens with zero attached hydrogens (tertiary/aromatic N) is 2. The Hall–Kier alpha value is -0.550. The number of hydrogen-bond acceptors (Lipinski definition) is 4. The Morgan fingerprint density at radius 2 is 2.29 bits per heavy atom. The predicted molar refractivity (Wildman–Crippen MR) is 59.3 cm³/mol. The molecule has 80 valence electrons. The van der Waals surface area contributed by atoms with E-state index in [-0.39, 0.29) is 6.04 Å². The number of nitrogens with one attached hydrogen (secondary N) is 1. The molecule has 1 rings (SSSR count). The smallest absolute Gasteiger partial charge is 0.208 e. The molecule has 0 radical (unpaired) electrons. The molecule has 1 aromatic rings. The lowest BCUT2D eigenvalue weighted by Crippen LogP contribution is -2.30. The van der Waals surface area contributed by atoms with Gasteiger partial charge in [0.1, 0.15) is 5.82 Å². The molecule has 0 spiro atoms. The first kappa shape index (κ1) is 11.5. The first-order valence-corrected chi connectivity index (χ1v) is 5.89. The van der Waals surface area contributed by atoms with Crippen LogP contribution in [0, 0.1) is 12.8 Å². The van der Waals surface area contributed by atoms with Crippen LogP contribution >= 0.6 is 11.8 Å². The second-order valence-corrected chi connectivity index (χ2v) is 4.55. The maximum atomic E-state index is 6.00. The largest absolute Gasteiger partial charge is 0.327 e. The number of aryl methyl sites for hydroxylation is 1. The number of aromatic nitrogens is 3. The highest BCUT2D eigenvalue weighted by Gasteiger charge is 2.12. The summed E-state index contributed by atoms with van der Waals surface area (Å²) in [7, 11) is 0. The highest BCUT2D eigenvalue weighted by atomic mass is 32.2. The quantitative estimate of drug-likeness (QED) is 0.730. The van der Waals surface area contributed by atoms with Crippen LogP contribution in [0.3, 0.4) is 0 Å². The molecule has 0 fully saturated rings. The Morgan fingerprint density at radius 3 is 2.79 bits per heavy atom. The Balaban J connectivity index is 2.33. The van der Waals surface area contributed by atoms with Crippen molar-refractivity contribution < 1.29 is 0 Å². The minimum Gasteiger partial charge on any atom is -0.327 e. The van der Waals surface area contributed by atoms with Crippen LogP contribution in [0.25, 0.3) is 0 Å². The number of H-pyrrole nitrogens is 1. The van der Waals surface area contributed by atoms with Crippen molar-refractivity contribution in [3.63, 3.8) is 0 Å². The molecular formula is C9H18N4S. The molecule has 14 heavy (non-hydrogen) atoms. The maximum absolute atomic E-state index is 6.00. The monoisotopic (exact) mass is 214 g/mol. The highest BCUT2D eigenvalue weighted by molar-refractivity contribution is 7.99. The topological polar surface area (TPSA) is 67.6 Å². The van der Waals surface area contributed by atoms with E-state index in [9.17, 15) is 0 Å². The fraction of sp³-hybridized carbons (Fsp3) is 0.778. The molecule has 2 atom stereocenters. The molecule has 0 aliphatic heterocycles. The van der Waals surface area contributed by atoms with Crippen molar-refractivity contribution in [3.05, 3.63) is 5.82 Å². The van der Waals surface area contributed by atoms with Crippen molar-refractivity contribution in [2.24, 2.45) is 11.7 Å². The van der Waals surface area contributed by atoms with E-state index in [0.717, 1.165) is 23.2 Å². The maximum Gasteiger partial charge on any atom is 0.208 e. The zero-order valence-corrected chi connectivity index (χ0v) is 9.77. The first-order valence-electron chi connectivity index (χ1n) is 4.90. The van der Waals surface area contributed by atoms with Crippen molar-refractivity contribution >= 4 is 11.8 Å². The van der Waals surface area contributed by atoms with E-state index in [4.69, 9.17) is 5.73 Å². The first-order chi connectivity index (χ1) is 6.63. The van der Waals surface area contributed by atoms with E-state index in [1.54, 1.807) is 11.8 Å². The fourth-order valence-electron chi connectivity index (χ4n) is 1.02. The summed E-state index contributed by atoms with van der Waals surface area (Å²) in [5.74, 6) is 2.29. The summed E-state index contributed by atoms with van der Waals surface area (Å²) in [6.45, 7) is 6.23. The molecule has 1 aromatic heterocycles. The highest BCUT2D eigenvalue weighted by Crippen LogP contribution is 2.16. The Morgan fingerprint density at radius 1 is 1.57 bits per heavy atom. The van der Waals surface area contributed by atoms with Crippen molar-refractivity contribution in [1.29, 1.82) is 0 Å². The van der Waals surface area contributed by atoms with Crippen LogP contribution in [0.1, 0.15) is 26.1 Å². The molecular weight excluding hydrogens is 196 g/mol. The van der Waals surface area contributed by atoms with Gasteiger partial charge in [-0.1, -0.05) is 32.0 Å². The Bertz CT molecular complexity index is 274. The Kier molecular flexibility index (Phi) is 4.41. The lowest BCUT2D eigenvalue weighted by Gasteiger charge is -2.16. The molecule has 0 aliphatic carbocycles. The van der Waals surface area contributed by atoms with Gasteiger partial charge in [-0.2, -0.15) is 0 Å². The minimum absolute atomic E-state index is 0.226. The van der Waals surface area contributed by atoms with Crippen molar-refractivity contribution in [3.8, 4) is 0 Å². The van der Waals surface area contributed by atoms with E-state index in [1.807, 2.05) is 6.92 Å². The molecule has 1 heterocycles. The van der Waals surface area contributed by atoms with Gasteiger partial charge in [-0.25, -0.2) is 4.98 Å². The molecule has 0 saturated carbocycles. The van der Waals surface area contributed by atoms with Crippen molar-refractivity contribution in [2.45, 2.75) is 38.4 Å². The normalized spacial score (nSPS) is 15.4. The van der Waals surface area contributed by atoms with Crippen LogP contribution in [-0.2, 0) is 0 Å². The molecule has 3 N–H and O–H groups in total. The van der Waals surface area contributed by atoms with Crippen LogP contribution in [0.4, 0.5) is 0 Å². The van der Waals surface area contributed by atoms with E-state index >= 15 is 0 Å². The van der Waals surface area contributed by atoms with Crippen molar-refractivity contribution in [1.82, 2.24) is 15.2 Å². The third-order valence-electron chi connectivity index (χ3n) is 2.36. The Labute approximate surface area is 89.1 Å². The SMILES string of the molecule is CCC(C)C(N)CSc1n[nH]c(C)n1. The lowest BCUT2D eigenvalue weighted by molar-refractivity contribution is 0.475. The second kappa shape index (κ2) is 5.36. The molecule has 0 aromatic carbocycles. The van der Waals surface area contributed by atoms with Gasteiger partial charge in [0.25, 0.3) is 0 Å². The standard InChI is InChI=1S/C9H18N4S/c1-4-6(2)8(10)5-14-9-11-7(3)12-13-9/h6,8H,4-5,10H2,1-3H3,(H,11,12,13). The number of thioether (sulfide) groups is 1. The van der Waals surface area contributed by atoms with Gasteiger partial charge in [-0.3, -0.25) is 5.10 Å². The van der Waals surface area contributed by atoms with Gasteiger partial charge >= 0.3 is 0 Å². The van der Waals surface area contributed by atoms with Gasteiger partial charge in [0.05, 0.1) is 0 Å². The van der Waals surface area contributed by atoms with Gasteiger partial charge in [-0.05, 0) is 12.8 Å². The predicted octanol–water partition coefficient (Wildman–Crippen LogP) is 1.58. The molecule has 2 unspecified atom stereocenters. The van der Waals surface area contributed by atoms with Crippen LogP contribution in [0.5, 0.6) is 0 Å². The number of nitrogens with two attached hydrogens (primary N) is 1. The van der Waals surface area contributed by atoms with Gasteiger partial charge in [-0.15, -0.1) is 5.10 Å². The average Bonchev–Trinajstić information content (AvgIpc) is 2.59. The zero-order valence-electron chi connectivity index (χ0n) is 8.95. The molecule has 0 amide bonds. The molecule has 0 saturated heterocycles. The van der Waals surface area contributed by atoms with Crippen LogP contribution in [0.15, 0.2) is 5.16 Å². The van der Waals surface area contributed by atoms with Gasteiger partial charge in [0.15, 0.2) is 0 Å². The molecule has 5 heteroatoms. The summed E-state index contributed by atoms with van der Waals surface area (Å²) in [6, 6.07) is 0.226. The number of hydrogen-bond donors (Lipinski definition) is 2. The van der Waals surface area contributed by atoms with E-state index in [1.165, 1.54) is 0 Å². The molecule has 4 nitrogen and oxygen atoms in total. The number of rotatable bonds is 5. The van der Waals surface area contributed by atoms with Crippen LogP contribution in [0.2, 0.25) is 0 Å². The third-order valence-corrected chi connectivity index (χ3v) is 3.35.